The summed E-state index contributed by atoms with van der Waals surface area (Å²) < 4.78 is 5.00. The Hall–Kier alpha value is -2.40. The minimum absolute atomic E-state index is 0.0874. The predicted octanol–water partition coefficient (Wildman–Crippen LogP) is 3.91. The summed E-state index contributed by atoms with van der Waals surface area (Å²) in [5.41, 5.74) is 2.39. The van der Waals surface area contributed by atoms with Crippen molar-refractivity contribution in [2.45, 2.75) is 19.9 Å². The van der Waals surface area contributed by atoms with E-state index in [2.05, 4.69) is 10.6 Å². The number of anilines is 1. The van der Waals surface area contributed by atoms with E-state index >= 15 is 0 Å². The topological polar surface area (TPSA) is 50.4 Å². The fourth-order valence-electron chi connectivity index (χ4n) is 2.13. The molecule has 0 aliphatic rings. The van der Waals surface area contributed by atoms with Gasteiger partial charge in [-0.1, -0.05) is 36.4 Å². The van der Waals surface area contributed by atoms with Crippen LogP contribution >= 0.6 is 12.2 Å². The minimum Gasteiger partial charge on any atom is -0.462 e. The van der Waals surface area contributed by atoms with Crippen LogP contribution in [0.3, 0.4) is 0 Å². The molecule has 0 radical (unpaired) electrons. The lowest BCUT2D eigenvalue weighted by molar-refractivity contribution is 0.0526. The van der Waals surface area contributed by atoms with Gasteiger partial charge in [-0.2, -0.15) is 0 Å². The summed E-state index contributed by atoms with van der Waals surface area (Å²) in [6.45, 7) is 4.17. The third kappa shape index (κ3) is 5.07. The van der Waals surface area contributed by atoms with Crippen molar-refractivity contribution in [2.24, 2.45) is 0 Å². The molecule has 2 aromatic carbocycles. The second-order valence-corrected chi connectivity index (χ2v) is 5.44. The first-order chi connectivity index (χ1) is 11.1. The van der Waals surface area contributed by atoms with Gasteiger partial charge in [0, 0.05) is 5.69 Å². The number of hydrogen-bond acceptors (Lipinski definition) is 3. The Morgan fingerprint density at radius 3 is 2.61 bits per heavy atom. The number of hydrogen-bond donors (Lipinski definition) is 2. The van der Waals surface area contributed by atoms with E-state index in [1.165, 1.54) is 0 Å². The third-order valence-corrected chi connectivity index (χ3v) is 3.50. The van der Waals surface area contributed by atoms with Crippen molar-refractivity contribution in [1.29, 1.82) is 0 Å². The number of carbonyl (C=O) groups is 1. The molecule has 0 bridgehead atoms. The molecule has 0 unspecified atom stereocenters. The quantitative estimate of drug-likeness (QED) is 0.644. The molecule has 23 heavy (non-hydrogen) atoms. The highest BCUT2D eigenvalue weighted by molar-refractivity contribution is 7.80. The van der Waals surface area contributed by atoms with E-state index in [0.29, 0.717) is 17.3 Å². The number of esters is 1. The third-order valence-electron chi connectivity index (χ3n) is 3.28. The monoisotopic (exact) mass is 328 g/mol. The van der Waals surface area contributed by atoms with Crippen LogP contribution in [0.25, 0.3) is 0 Å². The second kappa shape index (κ2) is 8.29. The Balaban J connectivity index is 1.97. The standard InChI is InChI=1S/C18H20N2O2S/c1-3-22-17(21)15-10-7-11-16(12-15)20-18(23)19-13(2)14-8-5-4-6-9-14/h4-13H,3H2,1-2H3,(H2,19,20,23)/t13-/m1/s1. The van der Waals surface area contributed by atoms with E-state index in [-0.39, 0.29) is 12.0 Å². The molecule has 5 heteroatoms. The molecular weight excluding hydrogens is 308 g/mol. The van der Waals surface area contributed by atoms with Crippen LogP contribution in [0.1, 0.15) is 35.8 Å². The molecule has 0 spiro atoms. The Morgan fingerprint density at radius 2 is 1.91 bits per heavy atom. The molecule has 0 saturated heterocycles. The van der Waals surface area contributed by atoms with Crippen molar-refractivity contribution in [3.8, 4) is 0 Å². The van der Waals surface area contributed by atoms with Crippen LogP contribution in [0.2, 0.25) is 0 Å². The van der Waals surface area contributed by atoms with Gasteiger partial charge < -0.3 is 15.4 Å². The number of rotatable bonds is 5. The molecule has 0 aliphatic heterocycles. The number of benzene rings is 2. The zero-order valence-corrected chi connectivity index (χ0v) is 14.0. The van der Waals surface area contributed by atoms with Crippen LogP contribution < -0.4 is 10.6 Å². The lowest BCUT2D eigenvalue weighted by Crippen LogP contribution is -2.30. The first kappa shape index (κ1) is 17.0. The molecule has 2 N–H and O–H groups in total. The zero-order chi connectivity index (χ0) is 16.7. The van der Waals surface area contributed by atoms with Crippen molar-refractivity contribution in [2.75, 3.05) is 11.9 Å². The summed E-state index contributed by atoms with van der Waals surface area (Å²) in [4.78, 5) is 11.7. The van der Waals surface area contributed by atoms with E-state index in [1.807, 2.05) is 43.3 Å². The molecular formula is C18H20N2O2S. The smallest absolute Gasteiger partial charge is 0.338 e. The Kier molecular flexibility index (Phi) is 6.11. The van der Waals surface area contributed by atoms with Crippen LogP contribution in [-0.2, 0) is 4.74 Å². The van der Waals surface area contributed by atoms with Crippen LogP contribution in [0, 0.1) is 0 Å². The number of nitrogens with one attached hydrogen (secondary N) is 2. The molecule has 4 nitrogen and oxygen atoms in total. The average molecular weight is 328 g/mol. The van der Waals surface area contributed by atoms with Gasteiger partial charge in [0.25, 0.3) is 0 Å². The highest BCUT2D eigenvalue weighted by Crippen LogP contribution is 2.14. The van der Waals surface area contributed by atoms with Crippen molar-refractivity contribution in [1.82, 2.24) is 5.32 Å². The minimum atomic E-state index is -0.340. The van der Waals surface area contributed by atoms with Gasteiger partial charge in [0.15, 0.2) is 5.11 Å². The summed E-state index contributed by atoms with van der Waals surface area (Å²) in [5.74, 6) is -0.340. The molecule has 0 saturated carbocycles. The van der Waals surface area contributed by atoms with Crippen molar-refractivity contribution < 1.29 is 9.53 Å². The van der Waals surface area contributed by atoms with E-state index < -0.39 is 0 Å². The molecule has 2 rings (SSSR count). The summed E-state index contributed by atoms with van der Waals surface area (Å²) in [7, 11) is 0. The van der Waals surface area contributed by atoms with Crippen molar-refractivity contribution in [3.63, 3.8) is 0 Å². The van der Waals surface area contributed by atoms with Gasteiger partial charge in [0.1, 0.15) is 0 Å². The molecule has 2 aromatic rings. The summed E-state index contributed by atoms with van der Waals surface area (Å²) in [6, 6.07) is 17.2. The van der Waals surface area contributed by atoms with Gasteiger partial charge in [0.2, 0.25) is 0 Å². The van der Waals surface area contributed by atoms with E-state index in [4.69, 9.17) is 17.0 Å². The molecule has 0 fully saturated rings. The molecule has 0 amide bonds. The van der Waals surface area contributed by atoms with E-state index in [1.54, 1.807) is 25.1 Å². The fourth-order valence-corrected chi connectivity index (χ4v) is 2.42. The maximum atomic E-state index is 11.7. The number of thiocarbonyl (C=S) groups is 1. The SMILES string of the molecule is CCOC(=O)c1cccc(NC(=S)N[C@H](C)c2ccccc2)c1. The fraction of sp³-hybridized carbons (Fsp3) is 0.222. The van der Waals surface area contributed by atoms with Crippen LogP contribution in [0.5, 0.6) is 0 Å². The maximum Gasteiger partial charge on any atom is 0.338 e. The highest BCUT2D eigenvalue weighted by Gasteiger charge is 2.09. The van der Waals surface area contributed by atoms with E-state index in [9.17, 15) is 4.79 Å². The highest BCUT2D eigenvalue weighted by atomic mass is 32.1. The average Bonchev–Trinajstić information content (AvgIpc) is 2.56. The van der Waals surface area contributed by atoms with Crippen LogP contribution in [0.15, 0.2) is 54.6 Å². The number of ether oxygens (including phenoxy) is 1. The lowest BCUT2D eigenvalue weighted by atomic mass is 10.1. The normalized spacial score (nSPS) is 11.4. The number of carbonyl (C=O) groups excluding carboxylic acids is 1. The van der Waals surface area contributed by atoms with Crippen LogP contribution in [-0.4, -0.2) is 17.7 Å². The molecule has 0 heterocycles. The molecule has 120 valence electrons. The molecule has 0 aromatic heterocycles. The van der Waals surface area contributed by atoms with Crippen molar-refractivity contribution in [3.05, 3.63) is 65.7 Å². The predicted molar refractivity (Wildman–Crippen MR) is 96.6 cm³/mol. The maximum absolute atomic E-state index is 11.7. The Morgan fingerprint density at radius 1 is 1.17 bits per heavy atom. The zero-order valence-electron chi connectivity index (χ0n) is 13.2. The summed E-state index contributed by atoms with van der Waals surface area (Å²) in [5, 5.41) is 6.82. The van der Waals surface area contributed by atoms with Gasteiger partial charge in [-0.25, -0.2) is 4.79 Å². The largest absolute Gasteiger partial charge is 0.462 e. The summed E-state index contributed by atoms with van der Waals surface area (Å²) >= 11 is 5.33. The molecule has 1 atom stereocenters. The van der Waals surface area contributed by atoms with E-state index in [0.717, 1.165) is 11.3 Å². The summed E-state index contributed by atoms with van der Waals surface area (Å²) in [6.07, 6.45) is 0. The van der Waals surface area contributed by atoms with Gasteiger partial charge in [-0.15, -0.1) is 0 Å². The van der Waals surface area contributed by atoms with Gasteiger partial charge in [0.05, 0.1) is 18.2 Å². The Bertz CT molecular complexity index is 674. The molecule has 0 aliphatic carbocycles. The Labute approximate surface area is 141 Å². The second-order valence-electron chi connectivity index (χ2n) is 5.03. The first-order valence-corrected chi connectivity index (χ1v) is 7.90. The van der Waals surface area contributed by atoms with Gasteiger partial charge >= 0.3 is 5.97 Å². The van der Waals surface area contributed by atoms with Crippen LogP contribution in [0.4, 0.5) is 5.69 Å². The van der Waals surface area contributed by atoms with Gasteiger partial charge in [-0.05, 0) is 49.8 Å². The van der Waals surface area contributed by atoms with Gasteiger partial charge in [-0.3, -0.25) is 0 Å². The first-order valence-electron chi connectivity index (χ1n) is 7.49. The van der Waals surface area contributed by atoms with Crippen molar-refractivity contribution >= 4 is 29.0 Å². The lowest BCUT2D eigenvalue weighted by Gasteiger charge is -2.17.